The predicted octanol–water partition coefficient (Wildman–Crippen LogP) is 1.80. The number of nitrogens with one attached hydrogen (secondary N) is 1. The zero-order chi connectivity index (χ0) is 16.4. The Balaban J connectivity index is 1.75. The van der Waals surface area contributed by atoms with Crippen molar-refractivity contribution in [1.29, 1.82) is 0 Å². The summed E-state index contributed by atoms with van der Waals surface area (Å²) in [7, 11) is 0. The van der Waals surface area contributed by atoms with Gasteiger partial charge in [-0.3, -0.25) is 10.1 Å². The maximum atomic E-state index is 12.1. The molecule has 3 rings (SSSR count). The van der Waals surface area contributed by atoms with E-state index in [1.807, 2.05) is 36.9 Å². The molecule has 1 amide bonds. The molecule has 1 aromatic rings. The highest BCUT2D eigenvalue weighted by atomic mass is 16.5. The zero-order valence-electron chi connectivity index (χ0n) is 13.6. The van der Waals surface area contributed by atoms with Crippen LogP contribution >= 0.6 is 0 Å². The Labute approximate surface area is 136 Å². The van der Waals surface area contributed by atoms with Gasteiger partial charge in [-0.15, -0.1) is 0 Å². The fourth-order valence-electron chi connectivity index (χ4n) is 3.05. The van der Waals surface area contributed by atoms with Crippen LogP contribution in [0.15, 0.2) is 23.2 Å². The van der Waals surface area contributed by atoms with Gasteiger partial charge in [0.25, 0.3) is 0 Å². The number of benzene rings is 1. The van der Waals surface area contributed by atoms with E-state index in [2.05, 4.69) is 10.3 Å². The first-order valence-electron chi connectivity index (χ1n) is 8.13. The van der Waals surface area contributed by atoms with Gasteiger partial charge < -0.3 is 14.7 Å². The van der Waals surface area contributed by atoms with Gasteiger partial charge in [0.15, 0.2) is 0 Å². The van der Waals surface area contributed by atoms with Crippen molar-refractivity contribution >= 4 is 17.6 Å². The topological polar surface area (TPSA) is 74.2 Å². The van der Waals surface area contributed by atoms with E-state index in [9.17, 15) is 4.79 Å². The Hall–Kier alpha value is -2.08. The van der Waals surface area contributed by atoms with E-state index in [1.165, 1.54) is 0 Å². The number of guanidine groups is 1. The molecule has 1 aromatic carbocycles. The number of carbonyl (C=O) groups excluding carboxylic acids is 1. The molecule has 6 nitrogen and oxygen atoms in total. The van der Waals surface area contributed by atoms with Crippen molar-refractivity contribution < 1.29 is 14.6 Å². The van der Waals surface area contributed by atoms with Crippen LogP contribution in [0.2, 0.25) is 0 Å². The molecule has 2 heterocycles. The second kappa shape index (κ2) is 6.58. The number of hydrogen-bond acceptors (Lipinski definition) is 5. The third-order valence-corrected chi connectivity index (χ3v) is 4.18. The Morgan fingerprint density at radius 3 is 3.00 bits per heavy atom. The van der Waals surface area contributed by atoms with Gasteiger partial charge in [-0.05, 0) is 37.0 Å². The Morgan fingerprint density at radius 2 is 2.26 bits per heavy atom. The van der Waals surface area contributed by atoms with Crippen LogP contribution < -0.4 is 10.1 Å². The smallest absolute Gasteiger partial charge is 0.249 e. The monoisotopic (exact) mass is 317 g/mol. The number of amides is 1. The molecule has 0 radical (unpaired) electrons. The van der Waals surface area contributed by atoms with Gasteiger partial charge >= 0.3 is 0 Å². The lowest BCUT2D eigenvalue weighted by Gasteiger charge is -2.29. The van der Waals surface area contributed by atoms with Crippen LogP contribution in [0.5, 0.6) is 5.75 Å². The summed E-state index contributed by atoms with van der Waals surface area (Å²) in [4.78, 5) is 18.7. The minimum absolute atomic E-state index is 0.0204. The van der Waals surface area contributed by atoms with Crippen molar-refractivity contribution in [3.63, 3.8) is 0 Å². The Kier molecular flexibility index (Phi) is 4.52. The molecule has 0 aromatic heterocycles. The molecule has 23 heavy (non-hydrogen) atoms. The molecule has 124 valence electrons. The summed E-state index contributed by atoms with van der Waals surface area (Å²) in [5.74, 6) is 1.70. The molecule has 1 fully saturated rings. The zero-order valence-corrected chi connectivity index (χ0v) is 13.6. The van der Waals surface area contributed by atoms with E-state index in [0.717, 1.165) is 29.8 Å². The van der Waals surface area contributed by atoms with Crippen LogP contribution in [-0.2, 0) is 11.3 Å². The lowest BCUT2D eigenvalue weighted by molar-refractivity contribution is -0.122. The van der Waals surface area contributed by atoms with Crippen LogP contribution in [0.3, 0.4) is 0 Å². The minimum atomic E-state index is -0.170. The highest BCUT2D eigenvalue weighted by Gasteiger charge is 2.40. The van der Waals surface area contributed by atoms with Crippen LogP contribution in [0.4, 0.5) is 5.69 Å². The van der Waals surface area contributed by atoms with Crippen LogP contribution in [0.25, 0.3) is 0 Å². The van der Waals surface area contributed by atoms with Gasteiger partial charge in [0.2, 0.25) is 11.9 Å². The first-order chi connectivity index (χ1) is 11.1. The van der Waals surface area contributed by atoms with Crippen molar-refractivity contribution in [2.45, 2.75) is 39.3 Å². The Bertz CT molecular complexity index is 628. The number of ether oxygens (including phenoxy) is 1. The molecule has 2 aliphatic heterocycles. The molecule has 1 unspecified atom stereocenters. The van der Waals surface area contributed by atoms with E-state index in [1.54, 1.807) is 0 Å². The summed E-state index contributed by atoms with van der Waals surface area (Å²) >= 11 is 0. The van der Waals surface area contributed by atoms with Gasteiger partial charge in [0.05, 0.1) is 12.3 Å². The van der Waals surface area contributed by atoms with Crippen molar-refractivity contribution in [2.24, 2.45) is 10.9 Å². The number of unbranched alkanes of at least 4 members (excludes halogenated alkanes) is 1. The number of aliphatic hydroxyl groups excluding tert-OH is 1. The molecule has 2 aliphatic rings. The van der Waals surface area contributed by atoms with E-state index in [0.29, 0.717) is 19.1 Å². The number of fused-ring (bicyclic) bond motifs is 2. The number of rotatable bonds is 6. The number of nitrogens with zero attached hydrogens (tertiary/aromatic N) is 2. The number of aliphatic imine (C=N–C) groups is 1. The summed E-state index contributed by atoms with van der Waals surface area (Å²) in [5, 5.41) is 11.7. The maximum Gasteiger partial charge on any atom is 0.249 e. The summed E-state index contributed by atoms with van der Waals surface area (Å²) < 4.78 is 5.72. The van der Waals surface area contributed by atoms with E-state index >= 15 is 0 Å². The molecular formula is C17H23N3O3. The van der Waals surface area contributed by atoms with Gasteiger partial charge in [-0.25, -0.2) is 4.99 Å². The van der Waals surface area contributed by atoms with Crippen molar-refractivity contribution in [3.8, 4) is 5.75 Å². The summed E-state index contributed by atoms with van der Waals surface area (Å²) in [6, 6.07) is 5.65. The number of aliphatic hydroxyl groups is 1. The molecule has 6 heteroatoms. The van der Waals surface area contributed by atoms with Crippen LogP contribution in [-0.4, -0.2) is 41.1 Å². The molecule has 1 saturated heterocycles. The molecule has 2 N–H and O–H groups in total. The normalized spacial score (nSPS) is 19.3. The number of hydrogen-bond donors (Lipinski definition) is 2. The third-order valence-electron chi connectivity index (χ3n) is 4.18. The summed E-state index contributed by atoms with van der Waals surface area (Å²) in [6.07, 6.45) is 1.58. The van der Waals surface area contributed by atoms with Crippen LogP contribution in [0.1, 0.15) is 32.3 Å². The van der Waals surface area contributed by atoms with Gasteiger partial charge in [-0.2, -0.15) is 0 Å². The van der Waals surface area contributed by atoms with Gasteiger partial charge in [-0.1, -0.05) is 13.8 Å². The van der Waals surface area contributed by atoms with Crippen molar-refractivity contribution in [3.05, 3.63) is 23.8 Å². The van der Waals surface area contributed by atoms with Gasteiger partial charge in [0, 0.05) is 18.7 Å². The van der Waals surface area contributed by atoms with Gasteiger partial charge in [0.1, 0.15) is 11.8 Å². The highest BCUT2D eigenvalue weighted by molar-refractivity contribution is 6.07. The molecule has 0 saturated carbocycles. The first-order valence-corrected chi connectivity index (χ1v) is 8.13. The number of carbonyl (C=O) groups is 1. The third kappa shape index (κ3) is 3.17. The molecule has 0 spiro atoms. The molecule has 1 atom stereocenters. The predicted molar refractivity (Wildman–Crippen MR) is 87.7 cm³/mol. The standard InChI is InChI=1S/C17H23N3O3/c1-11(2)15-16(22)19-17-18-14-6-5-13(23-8-4-3-7-21)9-12(14)10-20(15)17/h5-6,9,11,15,21H,3-4,7-8,10H2,1-2H3,(H,18,19,22). The molecule has 0 aliphatic carbocycles. The average molecular weight is 317 g/mol. The lowest BCUT2D eigenvalue weighted by atomic mass is 10.0. The van der Waals surface area contributed by atoms with Crippen LogP contribution in [0, 0.1) is 5.92 Å². The second-order valence-electron chi connectivity index (χ2n) is 6.31. The summed E-state index contributed by atoms with van der Waals surface area (Å²) in [5.41, 5.74) is 1.94. The average Bonchev–Trinajstić information content (AvgIpc) is 2.84. The van der Waals surface area contributed by atoms with E-state index in [-0.39, 0.29) is 24.5 Å². The highest BCUT2D eigenvalue weighted by Crippen LogP contribution is 2.33. The quantitative estimate of drug-likeness (QED) is 0.785. The molecular weight excluding hydrogens is 294 g/mol. The van der Waals surface area contributed by atoms with Crippen molar-refractivity contribution in [1.82, 2.24) is 10.2 Å². The van der Waals surface area contributed by atoms with Crippen molar-refractivity contribution in [2.75, 3.05) is 13.2 Å². The van der Waals surface area contributed by atoms with E-state index < -0.39 is 0 Å². The fourth-order valence-corrected chi connectivity index (χ4v) is 3.05. The second-order valence-corrected chi connectivity index (χ2v) is 6.31. The maximum absolute atomic E-state index is 12.1. The lowest BCUT2D eigenvalue weighted by Crippen LogP contribution is -2.39. The fraction of sp³-hybridized carbons (Fsp3) is 0.529. The SMILES string of the molecule is CC(C)C1C(=O)NC2=Nc3ccc(OCCCCO)cc3CN21. The first kappa shape index (κ1) is 15.8. The van der Waals surface area contributed by atoms with E-state index in [4.69, 9.17) is 9.84 Å². The Morgan fingerprint density at radius 1 is 1.43 bits per heavy atom. The largest absolute Gasteiger partial charge is 0.494 e. The molecule has 0 bridgehead atoms. The summed E-state index contributed by atoms with van der Waals surface area (Å²) in [6.45, 7) is 5.53. The minimum Gasteiger partial charge on any atom is -0.494 e.